The van der Waals surface area contributed by atoms with E-state index in [4.69, 9.17) is 9.84 Å². The Morgan fingerprint density at radius 1 is 1.44 bits per heavy atom. The van der Waals surface area contributed by atoms with Crippen molar-refractivity contribution in [3.63, 3.8) is 0 Å². The number of benzene rings is 1. The van der Waals surface area contributed by atoms with Gasteiger partial charge < -0.3 is 9.84 Å². The second-order valence-corrected chi connectivity index (χ2v) is 5.10. The van der Waals surface area contributed by atoms with Crippen LogP contribution in [0.2, 0.25) is 0 Å². The van der Waals surface area contributed by atoms with Gasteiger partial charge in [0.25, 0.3) is 0 Å². The van der Waals surface area contributed by atoms with E-state index in [1.54, 1.807) is 0 Å². The molecule has 1 aromatic carbocycles. The number of ether oxygens (including phenoxy) is 1. The van der Waals surface area contributed by atoms with Crippen molar-refractivity contribution in [2.24, 2.45) is 0 Å². The van der Waals surface area contributed by atoms with Gasteiger partial charge in [-0.2, -0.15) is 13.2 Å². The van der Waals surface area contributed by atoms with Gasteiger partial charge in [0, 0.05) is 10.2 Å². The molecule has 0 heterocycles. The predicted octanol–water partition coefficient (Wildman–Crippen LogP) is 3.78. The lowest BCUT2D eigenvalue weighted by atomic mass is 10.2. The molecule has 1 aromatic rings. The Morgan fingerprint density at radius 2 is 2.11 bits per heavy atom. The molecule has 0 saturated carbocycles. The summed E-state index contributed by atoms with van der Waals surface area (Å²) in [6.07, 6.45) is 0. The minimum atomic E-state index is -4.28. The van der Waals surface area contributed by atoms with E-state index in [9.17, 15) is 18.0 Å². The van der Waals surface area contributed by atoms with E-state index in [1.165, 1.54) is 18.2 Å². The highest BCUT2D eigenvalue weighted by molar-refractivity contribution is 9.10. The van der Waals surface area contributed by atoms with Crippen LogP contribution in [0.25, 0.3) is 0 Å². The zero-order valence-corrected chi connectivity index (χ0v) is 11.2. The summed E-state index contributed by atoms with van der Waals surface area (Å²) in [6.45, 7) is -0.148. The van der Waals surface area contributed by atoms with Gasteiger partial charge >= 0.3 is 11.5 Å². The Kier molecular flexibility index (Phi) is 5.33. The molecule has 1 rings (SSSR count). The lowest BCUT2D eigenvalue weighted by molar-refractivity contribution is -0.0329. The summed E-state index contributed by atoms with van der Waals surface area (Å²) in [4.78, 5) is 10.8. The maximum atomic E-state index is 11.8. The minimum absolute atomic E-state index is 0.00373. The Labute approximate surface area is 113 Å². The van der Waals surface area contributed by atoms with Gasteiger partial charge in [-0.3, -0.25) is 0 Å². The molecule has 0 atom stereocenters. The summed E-state index contributed by atoms with van der Waals surface area (Å²) in [6, 6.07) is 4.20. The molecule has 0 unspecified atom stereocenters. The molecule has 18 heavy (non-hydrogen) atoms. The molecule has 0 spiro atoms. The van der Waals surface area contributed by atoms with Crippen LogP contribution >= 0.6 is 27.7 Å². The summed E-state index contributed by atoms with van der Waals surface area (Å²) in [5.74, 6) is -1.17. The monoisotopic (exact) mass is 344 g/mol. The number of hydrogen-bond acceptors (Lipinski definition) is 3. The molecule has 3 nitrogen and oxygen atoms in total. The van der Waals surface area contributed by atoms with Gasteiger partial charge in [0.2, 0.25) is 0 Å². The fraction of sp³-hybridized carbons (Fsp3) is 0.300. The lowest BCUT2D eigenvalue weighted by Crippen LogP contribution is -2.08. The molecule has 0 bridgehead atoms. The topological polar surface area (TPSA) is 46.5 Å². The molecular formula is C10H8BrF3O3S. The van der Waals surface area contributed by atoms with Crippen molar-refractivity contribution in [2.75, 3.05) is 12.4 Å². The van der Waals surface area contributed by atoms with E-state index in [0.717, 1.165) is 0 Å². The summed E-state index contributed by atoms with van der Waals surface area (Å²) in [5.41, 5.74) is -4.29. The van der Waals surface area contributed by atoms with Crippen LogP contribution in [0, 0.1) is 0 Å². The summed E-state index contributed by atoms with van der Waals surface area (Å²) in [5, 5.41) is 8.83. The van der Waals surface area contributed by atoms with Crippen LogP contribution < -0.4 is 4.74 Å². The fourth-order valence-corrected chi connectivity index (χ4v) is 1.89. The van der Waals surface area contributed by atoms with E-state index in [1.807, 2.05) is 0 Å². The van der Waals surface area contributed by atoms with Crippen molar-refractivity contribution in [2.45, 2.75) is 5.51 Å². The summed E-state index contributed by atoms with van der Waals surface area (Å²) >= 11 is 2.87. The van der Waals surface area contributed by atoms with Gasteiger partial charge in [-0.1, -0.05) is 0 Å². The average Bonchev–Trinajstić information content (AvgIpc) is 2.24. The maximum absolute atomic E-state index is 11.8. The molecule has 0 radical (unpaired) electrons. The highest BCUT2D eigenvalue weighted by Gasteiger charge is 2.27. The third kappa shape index (κ3) is 5.18. The van der Waals surface area contributed by atoms with Crippen LogP contribution in [0.4, 0.5) is 13.2 Å². The fourth-order valence-electron chi connectivity index (χ4n) is 1.07. The molecule has 8 heteroatoms. The van der Waals surface area contributed by atoms with Crippen LogP contribution in [-0.2, 0) is 0 Å². The van der Waals surface area contributed by atoms with Gasteiger partial charge in [-0.25, -0.2) is 4.79 Å². The van der Waals surface area contributed by atoms with E-state index < -0.39 is 11.5 Å². The third-order valence-electron chi connectivity index (χ3n) is 1.79. The SMILES string of the molecule is O=C(O)c1cc(OCCSC(F)(F)F)ccc1Br. The smallest absolute Gasteiger partial charge is 0.441 e. The first kappa shape index (κ1) is 15.2. The van der Waals surface area contributed by atoms with Crippen molar-refractivity contribution in [3.05, 3.63) is 28.2 Å². The second-order valence-electron chi connectivity index (χ2n) is 3.09. The van der Waals surface area contributed by atoms with Crippen molar-refractivity contribution in [1.82, 2.24) is 0 Å². The highest BCUT2D eigenvalue weighted by atomic mass is 79.9. The van der Waals surface area contributed by atoms with Crippen LogP contribution in [0.3, 0.4) is 0 Å². The highest BCUT2D eigenvalue weighted by Crippen LogP contribution is 2.30. The van der Waals surface area contributed by atoms with Crippen LogP contribution in [-0.4, -0.2) is 28.9 Å². The number of halogens is 4. The van der Waals surface area contributed by atoms with Crippen LogP contribution in [0.5, 0.6) is 5.75 Å². The molecule has 0 fully saturated rings. The molecule has 0 saturated heterocycles. The van der Waals surface area contributed by atoms with E-state index >= 15 is 0 Å². The molecule has 0 amide bonds. The number of carbonyl (C=O) groups is 1. The number of hydrogen-bond donors (Lipinski definition) is 1. The van der Waals surface area contributed by atoms with Crippen molar-refractivity contribution < 1.29 is 27.8 Å². The first-order chi connectivity index (χ1) is 8.29. The number of thioether (sulfide) groups is 1. The minimum Gasteiger partial charge on any atom is -0.493 e. The predicted molar refractivity (Wildman–Crippen MR) is 65.1 cm³/mol. The quantitative estimate of drug-likeness (QED) is 0.825. The molecule has 0 aliphatic carbocycles. The number of carboxylic acids is 1. The third-order valence-corrected chi connectivity index (χ3v) is 3.18. The van der Waals surface area contributed by atoms with Gasteiger partial charge in [-0.15, -0.1) is 0 Å². The standard InChI is InChI=1S/C10H8BrF3O3S/c11-8-2-1-6(5-7(8)9(15)16)17-3-4-18-10(12,13)14/h1-2,5H,3-4H2,(H,15,16). The van der Waals surface area contributed by atoms with Crippen molar-refractivity contribution in [3.8, 4) is 5.75 Å². The Hall–Kier alpha value is -0.890. The zero-order valence-electron chi connectivity index (χ0n) is 8.83. The molecule has 100 valence electrons. The Morgan fingerprint density at radius 3 is 2.67 bits per heavy atom. The van der Waals surface area contributed by atoms with Crippen LogP contribution in [0.1, 0.15) is 10.4 Å². The summed E-state index contributed by atoms with van der Waals surface area (Å²) < 4.78 is 40.9. The van der Waals surface area contributed by atoms with Gasteiger partial charge in [0.15, 0.2) is 0 Å². The molecule has 0 aliphatic rings. The maximum Gasteiger partial charge on any atom is 0.441 e. The molecule has 0 aliphatic heterocycles. The largest absolute Gasteiger partial charge is 0.493 e. The average molecular weight is 345 g/mol. The van der Waals surface area contributed by atoms with E-state index in [0.29, 0.717) is 4.47 Å². The van der Waals surface area contributed by atoms with Gasteiger partial charge in [-0.05, 0) is 45.9 Å². The number of rotatable bonds is 5. The zero-order chi connectivity index (χ0) is 13.8. The van der Waals surface area contributed by atoms with E-state index in [-0.39, 0.29) is 35.4 Å². The number of alkyl halides is 3. The van der Waals surface area contributed by atoms with Gasteiger partial charge in [0.05, 0.1) is 12.2 Å². The van der Waals surface area contributed by atoms with Crippen molar-refractivity contribution >= 4 is 33.7 Å². The van der Waals surface area contributed by atoms with E-state index in [2.05, 4.69) is 15.9 Å². The lowest BCUT2D eigenvalue weighted by Gasteiger charge is -2.09. The molecule has 0 aromatic heterocycles. The molecular weight excluding hydrogens is 337 g/mol. The number of aromatic carboxylic acids is 1. The first-order valence-corrected chi connectivity index (χ1v) is 6.44. The normalized spacial score (nSPS) is 11.3. The molecule has 1 N–H and O–H groups in total. The number of carboxylic acid groups (broad SMARTS) is 1. The van der Waals surface area contributed by atoms with Crippen molar-refractivity contribution in [1.29, 1.82) is 0 Å². The Balaban J connectivity index is 2.53. The summed E-state index contributed by atoms with van der Waals surface area (Å²) in [7, 11) is 0. The van der Waals surface area contributed by atoms with Gasteiger partial charge in [0.1, 0.15) is 5.75 Å². The second kappa shape index (κ2) is 6.33. The first-order valence-electron chi connectivity index (χ1n) is 4.66. The van der Waals surface area contributed by atoms with Crippen LogP contribution in [0.15, 0.2) is 22.7 Å². The Bertz CT molecular complexity index is 437.